The molecule has 2 N–H and O–H groups in total. The smallest absolute Gasteiger partial charge is 0.267 e. The standard InChI is InChI=1S/C16H10FN3O4S/c17-12-5-2-6-13-11(12)8-14(25-13)16(22)19-18-15(21)9-3-1-4-10(7-9)20(23)24/h1-8H,(H,18,21)(H,19,22). The maximum Gasteiger partial charge on any atom is 0.279 e. The number of non-ortho nitro benzene ring substituents is 1. The number of thiophene rings is 1. The van der Waals surface area contributed by atoms with E-state index in [9.17, 15) is 24.1 Å². The lowest BCUT2D eigenvalue weighted by atomic mass is 10.2. The average molecular weight is 359 g/mol. The molecule has 0 aliphatic rings. The van der Waals surface area contributed by atoms with Crippen molar-refractivity contribution in [2.75, 3.05) is 0 Å². The lowest BCUT2D eigenvalue weighted by molar-refractivity contribution is -0.384. The minimum atomic E-state index is -0.704. The molecule has 0 saturated heterocycles. The van der Waals surface area contributed by atoms with Gasteiger partial charge in [0.25, 0.3) is 17.5 Å². The number of nitro benzene ring substituents is 1. The van der Waals surface area contributed by atoms with Crippen molar-refractivity contribution in [2.24, 2.45) is 0 Å². The molecule has 25 heavy (non-hydrogen) atoms. The van der Waals surface area contributed by atoms with Crippen molar-refractivity contribution >= 4 is 38.9 Å². The van der Waals surface area contributed by atoms with Gasteiger partial charge in [-0.1, -0.05) is 12.1 Å². The molecule has 2 aromatic carbocycles. The first-order valence-electron chi connectivity index (χ1n) is 6.99. The van der Waals surface area contributed by atoms with Crippen LogP contribution in [-0.4, -0.2) is 16.7 Å². The Morgan fingerprint density at radius 3 is 2.48 bits per heavy atom. The molecule has 1 aromatic heterocycles. The Bertz CT molecular complexity index is 1000. The Morgan fingerprint density at radius 2 is 1.76 bits per heavy atom. The minimum absolute atomic E-state index is 0.0249. The Hall–Kier alpha value is -3.33. The number of carbonyl (C=O) groups is 2. The Balaban J connectivity index is 1.71. The van der Waals surface area contributed by atoms with E-state index in [1.165, 1.54) is 30.3 Å². The monoisotopic (exact) mass is 359 g/mol. The number of carbonyl (C=O) groups excluding carboxylic acids is 2. The number of halogens is 1. The fraction of sp³-hybridized carbons (Fsp3) is 0. The van der Waals surface area contributed by atoms with E-state index in [2.05, 4.69) is 10.9 Å². The first kappa shape index (κ1) is 16.5. The van der Waals surface area contributed by atoms with E-state index < -0.39 is 22.6 Å². The highest BCUT2D eigenvalue weighted by atomic mass is 32.1. The van der Waals surface area contributed by atoms with E-state index in [-0.39, 0.29) is 16.1 Å². The number of rotatable bonds is 3. The van der Waals surface area contributed by atoms with Crippen molar-refractivity contribution < 1.29 is 18.9 Å². The summed E-state index contributed by atoms with van der Waals surface area (Å²) >= 11 is 1.08. The zero-order valence-electron chi connectivity index (χ0n) is 12.5. The highest BCUT2D eigenvalue weighted by Crippen LogP contribution is 2.27. The lowest BCUT2D eigenvalue weighted by Gasteiger charge is -2.06. The molecule has 0 atom stereocenters. The van der Waals surface area contributed by atoms with Crippen LogP contribution >= 0.6 is 11.3 Å². The molecule has 0 unspecified atom stereocenters. The van der Waals surface area contributed by atoms with Crippen LogP contribution in [0.25, 0.3) is 10.1 Å². The highest BCUT2D eigenvalue weighted by molar-refractivity contribution is 7.20. The van der Waals surface area contributed by atoms with Gasteiger partial charge in [0.1, 0.15) is 5.82 Å². The normalized spacial score (nSPS) is 10.4. The summed E-state index contributed by atoms with van der Waals surface area (Å²) in [7, 11) is 0. The Kier molecular flexibility index (Phi) is 4.40. The SMILES string of the molecule is O=C(NNC(=O)c1cc2c(F)cccc2s1)c1cccc([N+](=O)[O-])c1. The van der Waals surface area contributed by atoms with Crippen LogP contribution in [0.2, 0.25) is 0 Å². The summed E-state index contributed by atoms with van der Waals surface area (Å²) in [5.41, 5.74) is 4.17. The van der Waals surface area contributed by atoms with Crippen molar-refractivity contribution in [2.45, 2.75) is 0 Å². The van der Waals surface area contributed by atoms with Gasteiger partial charge >= 0.3 is 0 Å². The summed E-state index contributed by atoms with van der Waals surface area (Å²) < 4.78 is 14.3. The van der Waals surface area contributed by atoms with E-state index in [1.807, 2.05) is 0 Å². The maximum absolute atomic E-state index is 13.7. The van der Waals surface area contributed by atoms with Gasteiger partial charge in [0, 0.05) is 27.8 Å². The van der Waals surface area contributed by atoms with E-state index >= 15 is 0 Å². The molecule has 2 amide bonds. The van der Waals surface area contributed by atoms with Crippen LogP contribution in [-0.2, 0) is 0 Å². The van der Waals surface area contributed by atoms with Crippen LogP contribution in [0.5, 0.6) is 0 Å². The van der Waals surface area contributed by atoms with Gasteiger partial charge in [0.05, 0.1) is 9.80 Å². The van der Waals surface area contributed by atoms with Crippen LogP contribution in [0, 0.1) is 15.9 Å². The van der Waals surface area contributed by atoms with E-state index in [0.717, 1.165) is 17.4 Å². The van der Waals surface area contributed by atoms with Crippen molar-refractivity contribution in [1.29, 1.82) is 0 Å². The van der Waals surface area contributed by atoms with Crippen molar-refractivity contribution in [3.05, 3.63) is 74.9 Å². The first-order chi connectivity index (χ1) is 12.0. The van der Waals surface area contributed by atoms with Crippen LogP contribution in [0.15, 0.2) is 48.5 Å². The third-order valence-corrected chi connectivity index (χ3v) is 4.44. The molecule has 3 aromatic rings. The molecule has 126 valence electrons. The van der Waals surface area contributed by atoms with Crippen molar-refractivity contribution in [1.82, 2.24) is 10.9 Å². The number of benzene rings is 2. The molecule has 0 bridgehead atoms. The van der Waals surface area contributed by atoms with Gasteiger partial charge in [0.2, 0.25) is 0 Å². The summed E-state index contributed by atoms with van der Waals surface area (Å²) in [6.45, 7) is 0. The van der Waals surface area contributed by atoms with Crippen LogP contribution in [0.1, 0.15) is 20.0 Å². The van der Waals surface area contributed by atoms with E-state index in [1.54, 1.807) is 12.1 Å². The minimum Gasteiger partial charge on any atom is -0.267 e. The van der Waals surface area contributed by atoms with Gasteiger partial charge in [-0.3, -0.25) is 30.6 Å². The summed E-state index contributed by atoms with van der Waals surface area (Å²) in [6.07, 6.45) is 0. The van der Waals surface area contributed by atoms with E-state index in [4.69, 9.17) is 0 Å². The predicted molar refractivity (Wildman–Crippen MR) is 89.8 cm³/mol. The zero-order valence-corrected chi connectivity index (χ0v) is 13.3. The summed E-state index contributed by atoms with van der Waals surface area (Å²) in [5, 5.41) is 11.0. The van der Waals surface area contributed by atoms with Crippen molar-refractivity contribution in [3.63, 3.8) is 0 Å². The first-order valence-corrected chi connectivity index (χ1v) is 7.80. The Labute approximate surface area is 144 Å². The van der Waals surface area contributed by atoms with E-state index in [0.29, 0.717) is 10.1 Å². The predicted octanol–water partition coefficient (Wildman–Crippen LogP) is 3.02. The molecule has 0 aliphatic carbocycles. The molecule has 0 saturated carbocycles. The fourth-order valence-corrected chi connectivity index (χ4v) is 3.12. The molecule has 0 spiro atoms. The van der Waals surface area contributed by atoms with Gasteiger partial charge in [-0.2, -0.15) is 0 Å². The number of amides is 2. The number of nitrogens with one attached hydrogen (secondary N) is 2. The number of nitrogens with zero attached hydrogens (tertiary/aromatic N) is 1. The fourth-order valence-electron chi connectivity index (χ4n) is 2.15. The van der Waals surface area contributed by atoms with Gasteiger partial charge in [-0.15, -0.1) is 11.3 Å². The molecule has 0 radical (unpaired) electrons. The highest BCUT2D eigenvalue weighted by Gasteiger charge is 2.15. The molecule has 7 nitrogen and oxygen atoms in total. The average Bonchev–Trinajstić information content (AvgIpc) is 3.05. The number of nitro groups is 1. The molecule has 0 fully saturated rings. The van der Waals surface area contributed by atoms with Crippen LogP contribution < -0.4 is 10.9 Å². The van der Waals surface area contributed by atoms with Crippen molar-refractivity contribution in [3.8, 4) is 0 Å². The number of hydrazine groups is 1. The van der Waals surface area contributed by atoms with Crippen LogP contribution in [0.4, 0.5) is 10.1 Å². The third kappa shape index (κ3) is 3.45. The molecular weight excluding hydrogens is 349 g/mol. The second-order valence-electron chi connectivity index (χ2n) is 4.98. The third-order valence-electron chi connectivity index (χ3n) is 3.34. The van der Waals surface area contributed by atoms with Gasteiger partial charge < -0.3 is 0 Å². The topological polar surface area (TPSA) is 101 Å². The number of hydrogen-bond donors (Lipinski definition) is 2. The molecule has 9 heteroatoms. The lowest BCUT2D eigenvalue weighted by Crippen LogP contribution is -2.41. The summed E-state index contributed by atoms with van der Waals surface area (Å²) in [6, 6.07) is 11.0. The van der Waals surface area contributed by atoms with Gasteiger partial charge in [-0.05, 0) is 24.3 Å². The molecule has 3 rings (SSSR count). The summed E-state index contributed by atoms with van der Waals surface area (Å²) in [5.74, 6) is -1.75. The molecule has 0 aliphatic heterocycles. The van der Waals surface area contributed by atoms with Gasteiger partial charge in [-0.25, -0.2) is 4.39 Å². The largest absolute Gasteiger partial charge is 0.279 e. The quantitative estimate of drug-likeness (QED) is 0.554. The number of fused-ring (bicyclic) bond motifs is 1. The Morgan fingerprint density at radius 1 is 1.04 bits per heavy atom. The maximum atomic E-state index is 13.7. The second kappa shape index (κ2) is 6.65. The summed E-state index contributed by atoms with van der Waals surface area (Å²) in [4.78, 5) is 34.4. The van der Waals surface area contributed by atoms with Crippen LogP contribution in [0.3, 0.4) is 0 Å². The zero-order chi connectivity index (χ0) is 18.0. The second-order valence-corrected chi connectivity index (χ2v) is 6.06. The van der Waals surface area contributed by atoms with Gasteiger partial charge in [0.15, 0.2) is 0 Å². The molecule has 1 heterocycles. The molecular formula is C16H10FN3O4S. The number of hydrogen-bond acceptors (Lipinski definition) is 5.